The minimum Gasteiger partial charge on any atom is -0.456 e. The number of nitrogens with zero attached hydrogens (tertiary/aromatic N) is 2. The molecule has 0 N–H and O–H groups in total. The van der Waals surface area contributed by atoms with Crippen LogP contribution < -0.4 is 4.90 Å². The molecule has 0 aliphatic rings. The quantitative estimate of drug-likeness (QED) is 0.149. The number of para-hydroxylation sites is 4. The Morgan fingerprint density at radius 3 is 1.58 bits per heavy atom. The van der Waals surface area contributed by atoms with E-state index >= 15 is 0 Å². The highest BCUT2D eigenvalue weighted by molar-refractivity contribution is 6.15. The van der Waals surface area contributed by atoms with Crippen molar-refractivity contribution in [2.45, 2.75) is 0 Å². The fourth-order valence-electron chi connectivity index (χ4n) is 10.2. The van der Waals surface area contributed by atoms with E-state index < -0.39 is 0 Å². The fourth-order valence-corrected chi connectivity index (χ4v) is 10.2. The molecule has 304 valence electrons. The monoisotopic (exact) mass is 828 g/mol. The highest BCUT2D eigenvalue weighted by Crippen LogP contribution is 2.43. The van der Waals surface area contributed by atoms with Crippen molar-refractivity contribution in [2.75, 3.05) is 4.90 Å². The minimum absolute atomic E-state index is 0.888. The smallest absolute Gasteiger partial charge is 0.136 e. The molecule has 0 saturated heterocycles. The van der Waals surface area contributed by atoms with Gasteiger partial charge in [-0.25, -0.2) is 0 Å². The first-order chi connectivity index (χ1) is 32.2. The van der Waals surface area contributed by atoms with E-state index in [-0.39, 0.29) is 0 Å². The molecule has 3 heteroatoms. The van der Waals surface area contributed by atoms with Crippen LogP contribution in [0, 0.1) is 0 Å². The van der Waals surface area contributed by atoms with Gasteiger partial charge in [0.1, 0.15) is 11.2 Å². The van der Waals surface area contributed by atoms with Crippen molar-refractivity contribution in [1.82, 2.24) is 4.57 Å². The van der Waals surface area contributed by atoms with Crippen molar-refractivity contribution in [1.29, 1.82) is 0 Å². The molecule has 0 spiro atoms. The summed E-state index contributed by atoms with van der Waals surface area (Å²) in [5.41, 5.74) is 15.5. The van der Waals surface area contributed by atoms with Gasteiger partial charge in [-0.05, 0) is 122 Å². The summed E-state index contributed by atoms with van der Waals surface area (Å²) in [6.45, 7) is 0. The van der Waals surface area contributed by atoms with E-state index in [2.05, 4.69) is 240 Å². The average Bonchev–Trinajstić information content (AvgIpc) is 3.93. The standard InChI is InChI=1S/C62H40N2O/c1-2-18-48-44(15-1)40-56(52-21-4-3-20-51(48)52)42-33-37-46(38-34-42)63(47-17-13-16-43(39-47)50-25-14-30-61-62(50)55-24-8-12-29-60(55)65-61)45-35-31-41(32-36-45)49-19-5-9-26-57(49)64-58-27-10-6-22-53(58)54-23-7-11-28-59(54)64/h1-40H. The first-order valence-electron chi connectivity index (χ1n) is 22.2. The van der Waals surface area contributed by atoms with Crippen LogP contribution in [0.2, 0.25) is 0 Å². The third kappa shape index (κ3) is 6.05. The van der Waals surface area contributed by atoms with Crippen molar-refractivity contribution < 1.29 is 4.42 Å². The average molecular weight is 829 g/mol. The summed E-state index contributed by atoms with van der Waals surface area (Å²) >= 11 is 0. The van der Waals surface area contributed by atoms with Crippen molar-refractivity contribution in [2.24, 2.45) is 0 Å². The van der Waals surface area contributed by atoms with Crippen molar-refractivity contribution >= 4 is 82.4 Å². The molecule has 2 aromatic heterocycles. The molecule has 0 aliphatic heterocycles. The Hall–Kier alpha value is -8.66. The van der Waals surface area contributed by atoms with Crippen molar-refractivity contribution in [3.05, 3.63) is 243 Å². The third-order valence-electron chi connectivity index (χ3n) is 13.2. The van der Waals surface area contributed by atoms with Gasteiger partial charge < -0.3 is 13.9 Å². The molecule has 0 saturated carbocycles. The first kappa shape index (κ1) is 36.9. The summed E-state index contributed by atoms with van der Waals surface area (Å²) < 4.78 is 8.75. The van der Waals surface area contributed by atoms with Gasteiger partial charge in [-0.2, -0.15) is 0 Å². The van der Waals surface area contributed by atoms with Crippen LogP contribution in [0.3, 0.4) is 0 Å². The summed E-state index contributed by atoms with van der Waals surface area (Å²) in [6.07, 6.45) is 0. The lowest BCUT2D eigenvalue weighted by Crippen LogP contribution is -2.10. The summed E-state index contributed by atoms with van der Waals surface area (Å²) in [5.74, 6) is 0. The predicted octanol–water partition coefficient (Wildman–Crippen LogP) is 17.5. The zero-order valence-electron chi connectivity index (χ0n) is 35.4. The van der Waals surface area contributed by atoms with Gasteiger partial charge in [0.15, 0.2) is 0 Å². The molecular weight excluding hydrogens is 789 g/mol. The molecule has 0 radical (unpaired) electrons. The van der Waals surface area contributed by atoms with Gasteiger partial charge in [0.25, 0.3) is 0 Å². The fraction of sp³-hybridized carbons (Fsp3) is 0. The van der Waals surface area contributed by atoms with Gasteiger partial charge in [0.2, 0.25) is 0 Å². The summed E-state index contributed by atoms with van der Waals surface area (Å²) in [5, 5.41) is 9.79. The van der Waals surface area contributed by atoms with Gasteiger partial charge in [0.05, 0.1) is 16.7 Å². The Labute approximate surface area is 376 Å². The summed E-state index contributed by atoms with van der Waals surface area (Å²) in [7, 11) is 0. The molecule has 0 unspecified atom stereocenters. The van der Waals surface area contributed by atoms with Crippen LogP contribution in [0.4, 0.5) is 17.1 Å². The van der Waals surface area contributed by atoms with Crippen LogP contribution in [0.25, 0.3) is 104 Å². The Morgan fingerprint density at radius 2 is 0.846 bits per heavy atom. The molecule has 0 amide bonds. The third-order valence-corrected chi connectivity index (χ3v) is 13.2. The van der Waals surface area contributed by atoms with Crippen molar-refractivity contribution in [3.63, 3.8) is 0 Å². The number of hydrogen-bond donors (Lipinski definition) is 0. The first-order valence-corrected chi connectivity index (χ1v) is 22.2. The number of fused-ring (bicyclic) bond motifs is 9. The van der Waals surface area contributed by atoms with Crippen LogP contribution in [0.1, 0.15) is 0 Å². The number of hydrogen-bond acceptors (Lipinski definition) is 2. The second kappa shape index (κ2) is 15.0. The summed E-state index contributed by atoms with van der Waals surface area (Å²) in [6, 6.07) is 87.7. The number of furan rings is 1. The lowest BCUT2D eigenvalue weighted by atomic mass is 9.93. The highest BCUT2D eigenvalue weighted by atomic mass is 16.3. The Bertz CT molecular complexity index is 3900. The molecule has 11 aromatic carbocycles. The van der Waals surface area contributed by atoms with Gasteiger partial charge in [-0.15, -0.1) is 0 Å². The zero-order chi connectivity index (χ0) is 42.8. The van der Waals surface area contributed by atoms with E-state index in [9.17, 15) is 0 Å². The Balaban J connectivity index is 0.953. The molecule has 13 rings (SSSR count). The second-order valence-electron chi connectivity index (χ2n) is 16.8. The summed E-state index contributed by atoms with van der Waals surface area (Å²) in [4.78, 5) is 2.38. The predicted molar refractivity (Wildman–Crippen MR) is 274 cm³/mol. The van der Waals surface area contributed by atoms with Crippen LogP contribution in [-0.2, 0) is 0 Å². The molecule has 13 aromatic rings. The second-order valence-corrected chi connectivity index (χ2v) is 16.8. The Kier molecular flexibility index (Phi) is 8.53. The van der Waals surface area contributed by atoms with E-state index in [1.165, 1.54) is 60.0 Å². The molecule has 0 bridgehead atoms. The molecule has 3 nitrogen and oxygen atoms in total. The van der Waals surface area contributed by atoms with Crippen LogP contribution >= 0.6 is 0 Å². The molecular formula is C62H40N2O. The van der Waals surface area contributed by atoms with E-state index in [1.807, 2.05) is 12.1 Å². The largest absolute Gasteiger partial charge is 0.456 e. The van der Waals surface area contributed by atoms with E-state index in [4.69, 9.17) is 4.42 Å². The maximum atomic E-state index is 6.34. The van der Waals surface area contributed by atoms with E-state index in [0.29, 0.717) is 0 Å². The van der Waals surface area contributed by atoms with Crippen molar-refractivity contribution in [3.8, 4) is 39.1 Å². The number of rotatable bonds is 7. The van der Waals surface area contributed by atoms with E-state index in [1.54, 1.807) is 0 Å². The van der Waals surface area contributed by atoms with Gasteiger partial charge in [-0.3, -0.25) is 0 Å². The maximum absolute atomic E-state index is 6.34. The van der Waals surface area contributed by atoms with Gasteiger partial charge in [-0.1, -0.05) is 170 Å². The van der Waals surface area contributed by atoms with Crippen LogP contribution in [-0.4, -0.2) is 4.57 Å². The zero-order valence-corrected chi connectivity index (χ0v) is 35.4. The molecule has 0 aliphatic carbocycles. The highest BCUT2D eigenvalue weighted by Gasteiger charge is 2.19. The SMILES string of the molecule is c1cc(-c2cccc3oc4ccccc4c23)cc(N(c2ccc(-c3ccccc3-n3c4ccccc4c4ccccc43)cc2)c2ccc(-c3cc4ccccc4c4ccccc34)cc2)c1. The van der Waals surface area contributed by atoms with E-state index in [0.717, 1.165) is 61.4 Å². The number of benzene rings is 11. The lowest BCUT2D eigenvalue weighted by Gasteiger charge is -2.27. The molecule has 2 heterocycles. The normalized spacial score (nSPS) is 11.7. The molecule has 0 fully saturated rings. The maximum Gasteiger partial charge on any atom is 0.136 e. The Morgan fingerprint density at radius 1 is 0.308 bits per heavy atom. The molecule has 0 atom stereocenters. The lowest BCUT2D eigenvalue weighted by molar-refractivity contribution is 0.669. The van der Waals surface area contributed by atoms with Crippen LogP contribution in [0.5, 0.6) is 0 Å². The minimum atomic E-state index is 0.888. The topological polar surface area (TPSA) is 21.3 Å². The van der Waals surface area contributed by atoms with Crippen LogP contribution in [0.15, 0.2) is 247 Å². The van der Waals surface area contributed by atoms with Gasteiger partial charge >= 0.3 is 0 Å². The number of anilines is 3. The number of aromatic nitrogens is 1. The van der Waals surface area contributed by atoms with Gasteiger partial charge in [0, 0.05) is 44.2 Å². The molecule has 65 heavy (non-hydrogen) atoms.